The Labute approximate surface area is 124 Å². The quantitative estimate of drug-likeness (QED) is 0.843. The molecule has 0 spiro atoms. The normalized spacial score (nSPS) is 22.8. The molecule has 2 aromatic rings. The molecule has 3 nitrogen and oxygen atoms in total. The highest BCUT2D eigenvalue weighted by Crippen LogP contribution is 2.44. The molecule has 0 aromatic heterocycles. The lowest BCUT2D eigenvalue weighted by molar-refractivity contribution is 0.414. The van der Waals surface area contributed by atoms with Crippen LogP contribution in [0.2, 0.25) is 0 Å². The SMILES string of the molecule is COc1ccc(C2c3ccccc3N3CCN=CC23)cc1. The third kappa shape index (κ3) is 1.92. The number of para-hydroxylation sites is 1. The van der Waals surface area contributed by atoms with E-state index in [1.165, 1.54) is 16.8 Å². The number of methoxy groups -OCH3 is 1. The van der Waals surface area contributed by atoms with E-state index in [0.717, 1.165) is 18.8 Å². The lowest BCUT2D eigenvalue weighted by atomic mass is 9.88. The van der Waals surface area contributed by atoms with Crippen molar-refractivity contribution in [3.63, 3.8) is 0 Å². The van der Waals surface area contributed by atoms with Crippen molar-refractivity contribution in [3.8, 4) is 5.75 Å². The first-order valence-corrected chi connectivity index (χ1v) is 7.38. The molecule has 0 saturated heterocycles. The Balaban J connectivity index is 1.82. The van der Waals surface area contributed by atoms with E-state index in [9.17, 15) is 0 Å². The van der Waals surface area contributed by atoms with E-state index in [4.69, 9.17) is 4.74 Å². The van der Waals surface area contributed by atoms with Crippen molar-refractivity contribution in [3.05, 3.63) is 59.7 Å². The Hall–Kier alpha value is -2.29. The van der Waals surface area contributed by atoms with E-state index in [2.05, 4.69) is 52.5 Å². The molecule has 3 heteroatoms. The maximum Gasteiger partial charge on any atom is 0.118 e. The summed E-state index contributed by atoms with van der Waals surface area (Å²) in [5, 5.41) is 0. The highest BCUT2D eigenvalue weighted by atomic mass is 16.5. The highest BCUT2D eigenvalue weighted by molar-refractivity contribution is 5.81. The van der Waals surface area contributed by atoms with Gasteiger partial charge in [0.1, 0.15) is 5.75 Å². The van der Waals surface area contributed by atoms with Gasteiger partial charge in [-0.2, -0.15) is 0 Å². The number of nitrogens with zero attached hydrogens (tertiary/aromatic N) is 2. The van der Waals surface area contributed by atoms with Crippen molar-refractivity contribution < 1.29 is 4.74 Å². The van der Waals surface area contributed by atoms with Crippen molar-refractivity contribution in [1.29, 1.82) is 0 Å². The van der Waals surface area contributed by atoms with E-state index in [1.807, 2.05) is 12.1 Å². The topological polar surface area (TPSA) is 24.8 Å². The summed E-state index contributed by atoms with van der Waals surface area (Å²) in [4.78, 5) is 7.00. The Morgan fingerprint density at radius 2 is 1.90 bits per heavy atom. The summed E-state index contributed by atoms with van der Waals surface area (Å²) in [6, 6.07) is 17.5. The van der Waals surface area contributed by atoms with Gasteiger partial charge in [0.25, 0.3) is 0 Å². The van der Waals surface area contributed by atoms with Crippen molar-refractivity contribution in [1.82, 2.24) is 0 Å². The van der Waals surface area contributed by atoms with Crippen LogP contribution in [-0.4, -0.2) is 32.5 Å². The van der Waals surface area contributed by atoms with Gasteiger partial charge in [0, 0.05) is 24.4 Å². The zero-order chi connectivity index (χ0) is 14.2. The second-order valence-electron chi connectivity index (χ2n) is 5.55. The Bertz CT molecular complexity index is 678. The molecule has 2 aliphatic heterocycles. The van der Waals surface area contributed by atoms with Gasteiger partial charge in [-0.3, -0.25) is 4.99 Å². The van der Waals surface area contributed by atoms with Gasteiger partial charge in [-0.05, 0) is 29.3 Å². The van der Waals surface area contributed by atoms with E-state index >= 15 is 0 Å². The number of ether oxygens (including phenoxy) is 1. The van der Waals surface area contributed by atoms with Crippen LogP contribution in [0.25, 0.3) is 0 Å². The molecule has 2 atom stereocenters. The predicted molar refractivity (Wildman–Crippen MR) is 85.8 cm³/mol. The molecule has 0 N–H and O–H groups in total. The maximum absolute atomic E-state index is 5.27. The molecule has 2 aliphatic rings. The lowest BCUT2D eigenvalue weighted by Crippen LogP contribution is -2.40. The molecule has 2 heterocycles. The number of benzene rings is 2. The molecule has 106 valence electrons. The van der Waals surface area contributed by atoms with Gasteiger partial charge in [-0.1, -0.05) is 30.3 Å². The van der Waals surface area contributed by atoms with Crippen LogP contribution in [0, 0.1) is 0 Å². The van der Waals surface area contributed by atoms with Crippen molar-refractivity contribution in [2.75, 3.05) is 25.1 Å². The third-order valence-electron chi connectivity index (χ3n) is 4.49. The van der Waals surface area contributed by atoms with E-state index in [-0.39, 0.29) is 0 Å². The molecule has 0 fully saturated rings. The van der Waals surface area contributed by atoms with Gasteiger partial charge < -0.3 is 9.64 Å². The fourth-order valence-corrected chi connectivity index (χ4v) is 3.51. The van der Waals surface area contributed by atoms with Gasteiger partial charge >= 0.3 is 0 Å². The van der Waals surface area contributed by atoms with Gasteiger partial charge in [0.05, 0.1) is 19.7 Å². The minimum absolute atomic E-state index is 0.338. The number of aliphatic imine (C=N–C) groups is 1. The third-order valence-corrected chi connectivity index (χ3v) is 4.49. The molecule has 2 unspecified atom stereocenters. The van der Waals surface area contributed by atoms with Gasteiger partial charge in [-0.25, -0.2) is 0 Å². The van der Waals surface area contributed by atoms with Crippen LogP contribution in [0.4, 0.5) is 5.69 Å². The smallest absolute Gasteiger partial charge is 0.118 e. The van der Waals surface area contributed by atoms with Crippen LogP contribution in [-0.2, 0) is 0 Å². The second kappa shape index (κ2) is 4.92. The molecule has 0 aliphatic carbocycles. The maximum atomic E-state index is 5.27. The predicted octanol–water partition coefficient (Wildman–Crippen LogP) is 3.10. The summed E-state index contributed by atoms with van der Waals surface area (Å²) < 4.78 is 5.27. The molecule has 0 radical (unpaired) electrons. The summed E-state index contributed by atoms with van der Waals surface area (Å²) in [7, 11) is 1.70. The standard InChI is InChI=1S/C18H18N2O/c1-21-14-8-6-13(7-9-14)18-15-4-2-3-5-16(15)20-11-10-19-12-17(18)20/h2-9,12,17-18H,10-11H2,1H3. The molecule has 0 bridgehead atoms. The molecule has 4 rings (SSSR count). The summed E-state index contributed by atoms with van der Waals surface area (Å²) in [5.41, 5.74) is 4.08. The number of anilines is 1. The average Bonchev–Trinajstić information content (AvgIpc) is 2.90. The first-order valence-electron chi connectivity index (χ1n) is 7.38. The number of rotatable bonds is 2. The second-order valence-corrected chi connectivity index (χ2v) is 5.55. The Morgan fingerprint density at radius 1 is 1.10 bits per heavy atom. The van der Waals surface area contributed by atoms with Crippen molar-refractivity contribution in [2.24, 2.45) is 4.99 Å². The molecule has 21 heavy (non-hydrogen) atoms. The van der Waals surface area contributed by atoms with Crippen LogP contribution < -0.4 is 9.64 Å². The monoisotopic (exact) mass is 278 g/mol. The molecule has 0 saturated carbocycles. The van der Waals surface area contributed by atoms with E-state index < -0.39 is 0 Å². The lowest BCUT2D eigenvalue weighted by Gasteiger charge is -2.30. The van der Waals surface area contributed by atoms with Crippen molar-refractivity contribution >= 4 is 11.9 Å². The van der Waals surface area contributed by atoms with Crippen LogP contribution in [0.3, 0.4) is 0 Å². The minimum atomic E-state index is 0.338. The molecule has 0 amide bonds. The number of hydrogen-bond donors (Lipinski definition) is 0. The molecular weight excluding hydrogens is 260 g/mol. The minimum Gasteiger partial charge on any atom is -0.497 e. The summed E-state index contributed by atoms with van der Waals surface area (Å²) in [6.45, 7) is 1.89. The fraction of sp³-hybridized carbons (Fsp3) is 0.278. The van der Waals surface area contributed by atoms with Crippen LogP contribution in [0.1, 0.15) is 17.0 Å². The van der Waals surface area contributed by atoms with E-state index in [1.54, 1.807) is 7.11 Å². The van der Waals surface area contributed by atoms with Gasteiger partial charge in [0.15, 0.2) is 0 Å². The van der Waals surface area contributed by atoms with Gasteiger partial charge in [-0.15, -0.1) is 0 Å². The average molecular weight is 278 g/mol. The number of fused-ring (bicyclic) bond motifs is 3. The van der Waals surface area contributed by atoms with Gasteiger partial charge in [0.2, 0.25) is 0 Å². The van der Waals surface area contributed by atoms with Crippen LogP contribution in [0.15, 0.2) is 53.5 Å². The first-order chi connectivity index (χ1) is 10.4. The zero-order valence-electron chi connectivity index (χ0n) is 12.1. The fourth-order valence-electron chi connectivity index (χ4n) is 3.51. The van der Waals surface area contributed by atoms with Crippen LogP contribution >= 0.6 is 0 Å². The van der Waals surface area contributed by atoms with E-state index in [0.29, 0.717) is 12.0 Å². The van der Waals surface area contributed by atoms with Crippen LogP contribution in [0.5, 0.6) is 5.75 Å². The number of hydrogen-bond acceptors (Lipinski definition) is 3. The summed E-state index contributed by atoms with van der Waals surface area (Å²) >= 11 is 0. The Morgan fingerprint density at radius 3 is 2.71 bits per heavy atom. The largest absolute Gasteiger partial charge is 0.497 e. The summed E-state index contributed by atoms with van der Waals surface area (Å²) in [6.07, 6.45) is 2.12. The molecular formula is C18H18N2O. The highest BCUT2D eigenvalue weighted by Gasteiger charge is 2.38. The molecule has 2 aromatic carbocycles. The first kappa shape index (κ1) is 12.5. The summed E-state index contributed by atoms with van der Waals surface area (Å²) in [5.74, 6) is 1.26. The zero-order valence-corrected chi connectivity index (χ0v) is 12.1. The van der Waals surface area contributed by atoms with Crippen molar-refractivity contribution in [2.45, 2.75) is 12.0 Å². The Kier molecular flexibility index (Phi) is 2.92.